The Hall–Kier alpha value is -2.72. The number of thiophene rings is 1. The van der Waals surface area contributed by atoms with E-state index in [0.29, 0.717) is 24.6 Å². The smallest absolute Gasteiger partial charge is 0.237 e. The van der Waals surface area contributed by atoms with Gasteiger partial charge in [-0.15, -0.1) is 11.3 Å². The monoisotopic (exact) mass is 440 g/mol. The lowest BCUT2D eigenvalue weighted by molar-refractivity contribution is -0.136. The van der Waals surface area contributed by atoms with Crippen LogP contribution < -0.4 is 10.6 Å². The first-order chi connectivity index (χ1) is 15.0. The van der Waals surface area contributed by atoms with Crippen LogP contribution in [0, 0.1) is 6.92 Å². The number of H-pyrrole nitrogens is 1. The maximum atomic E-state index is 12.7. The molecule has 31 heavy (non-hydrogen) atoms. The first-order valence-corrected chi connectivity index (χ1v) is 11.6. The van der Waals surface area contributed by atoms with Crippen LogP contribution in [0.3, 0.4) is 0 Å². The molecule has 2 aliphatic heterocycles. The van der Waals surface area contributed by atoms with E-state index in [2.05, 4.69) is 25.7 Å². The number of aromatic amines is 1. The van der Waals surface area contributed by atoms with E-state index in [1.54, 1.807) is 11.3 Å². The van der Waals surface area contributed by atoms with E-state index in [-0.39, 0.29) is 11.9 Å². The second kappa shape index (κ2) is 8.08. The third-order valence-electron chi connectivity index (χ3n) is 6.08. The minimum Gasteiger partial charge on any atom is -0.351 e. The van der Waals surface area contributed by atoms with E-state index in [1.807, 2.05) is 43.4 Å². The molecule has 10 heteroatoms. The number of rotatable bonds is 6. The molecule has 2 unspecified atom stereocenters. The van der Waals surface area contributed by atoms with E-state index >= 15 is 0 Å². The summed E-state index contributed by atoms with van der Waals surface area (Å²) in [5.74, 6) is 2.36. The van der Waals surface area contributed by atoms with Gasteiger partial charge in [0, 0.05) is 29.9 Å². The highest BCUT2D eigenvalue weighted by molar-refractivity contribution is 7.16. The number of piperidine rings is 1. The van der Waals surface area contributed by atoms with Gasteiger partial charge in [0.05, 0.1) is 11.9 Å². The quantitative estimate of drug-likeness (QED) is 0.542. The van der Waals surface area contributed by atoms with E-state index in [4.69, 9.17) is 9.97 Å². The molecule has 3 aromatic heterocycles. The van der Waals surface area contributed by atoms with Crippen LogP contribution in [0.15, 0.2) is 17.5 Å². The lowest BCUT2D eigenvalue weighted by Crippen LogP contribution is -2.52. The van der Waals surface area contributed by atoms with Gasteiger partial charge in [-0.05, 0) is 58.1 Å². The predicted octanol–water partition coefficient (Wildman–Crippen LogP) is 2.96. The van der Waals surface area contributed by atoms with Crippen LogP contribution in [0.5, 0.6) is 0 Å². The van der Waals surface area contributed by atoms with Gasteiger partial charge >= 0.3 is 0 Å². The Morgan fingerprint density at radius 3 is 2.74 bits per heavy atom. The molecular formula is C21H28N8OS. The third kappa shape index (κ3) is 4.09. The van der Waals surface area contributed by atoms with E-state index in [0.717, 1.165) is 53.2 Å². The van der Waals surface area contributed by atoms with Crippen LogP contribution in [-0.4, -0.2) is 74.6 Å². The third-order valence-corrected chi connectivity index (χ3v) is 6.89. The van der Waals surface area contributed by atoms with Crippen LogP contribution in [0.1, 0.15) is 31.4 Å². The van der Waals surface area contributed by atoms with Crippen LogP contribution in [0.4, 0.5) is 17.6 Å². The number of aromatic nitrogens is 4. The van der Waals surface area contributed by atoms with Crippen molar-refractivity contribution in [1.82, 2.24) is 30.0 Å². The summed E-state index contributed by atoms with van der Waals surface area (Å²) in [5, 5.41) is 17.1. The normalized spacial score (nSPS) is 23.0. The summed E-state index contributed by atoms with van der Waals surface area (Å²) in [5.41, 5.74) is 0.988. The molecule has 2 saturated heterocycles. The number of hydrogen-bond acceptors (Lipinski definition) is 8. The lowest BCUT2D eigenvalue weighted by Gasteiger charge is -2.39. The van der Waals surface area contributed by atoms with E-state index in [9.17, 15) is 4.79 Å². The molecule has 2 atom stereocenters. The molecule has 5 rings (SSSR count). The molecule has 0 saturated carbocycles. The molecule has 3 N–H and O–H groups in total. The molecule has 0 radical (unpaired) electrons. The minimum absolute atomic E-state index is 0.244. The number of amides is 1. The van der Waals surface area contributed by atoms with Crippen LogP contribution in [-0.2, 0) is 4.79 Å². The molecule has 1 amide bonds. The maximum Gasteiger partial charge on any atom is 0.237 e. The summed E-state index contributed by atoms with van der Waals surface area (Å²) in [6.07, 6.45) is 4.03. The fraction of sp³-hybridized carbons (Fsp3) is 0.524. The number of fused-ring (bicyclic) bond motifs is 3. The molecule has 2 fully saturated rings. The van der Waals surface area contributed by atoms with E-state index < -0.39 is 0 Å². The van der Waals surface area contributed by atoms with Gasteiger partial charge in [-0.1, -0.05) is 0 Å². The Bertz CT molecular complexity index is 1080. The first kappa shape index (κ1) is 20.2. The highest BCUT2D eigenvalue weighted by Crippen LogP contribution is 2.37. The van der Waals surface area contributed by atoms with E-state index in [1.165, 1.54) is 0 Å². The summed E-state index contributed by atoms with van der Waals surface area (Å²) in [6, 6.07) is 4.85. The molecule has 3 aromatic rings. The van der Waals surface area contributed by atoms with Crippen LogP contribution in [0.2, 0.25) is 0 Å². The molecule has 5 heterocycles. The number of carbonyl (C=O) groups excluding carboxylic acids is 1. The summed E-state index contributed by atoms with van der Waals surface area (Å²) in [6.45, 7) is 2.44. The molecule has 0 aliphatic carbocycles. The first-order valence-electron chi connectivity index (χ1n) is 10.7. The molecule has 9 nitrogen and oxygen atoms in total. The van der Waals surface area contributed by atoms with Gasteiger partial charge in [-0.2, -0.15) is 10.1 Å². The summed E-state index contributed by atoms with van der Waals surface area (Å²) < 4.78 is 0. The highest BCUT2D eigenvalue weighted by atomic mass is 32.1. The van der Waals surface area contributed by atoms with Gasteiger partial charge in [0.25, 0.3) is 0 Å². The number of carbonyl (C=O) groups is 1. The molecule has 2 bridgehead atoms. The zero-order valence-electron chi connectivity index (χ0n) is 18.1. The maximum absolute atomic E-state index is 12.7. The number of anilines is 3. The average Bonchev–Trinajstić information content (AvgIpc) is 3.40. The van der Waals surface area contributed by atoms with Gasteiger partial charge < -0.3 is 20.4 Å². The Labute approximate surface area is 185 Å². The van der Waals surface area contributed by atoms with Crippen LogP contribution in [0.25, 0.3) is 10.2 Å². The average molecular weight is 441 g/mol. The Balaban J connectivity index is 1.33. The molecule has 0 aromatic carbocycles. The van der Waals surface area contributed by atoms with Crippen molar-refractivity contribution in [3.8, 4) is 0 Å². The summed E-state index contributed by atoms with van der Waals surface area (Å²) in [4.78, 5) is 27.2. The Morgan fingerprint density at radius 2 is 2.06 bits per heavy atom. The molecule has 0 spiro atoms. The second-order valence-corrected chi connectivity index (χ2v) is 9.73. The summed E-state index contributed by atoms with van der Waals surface area (Å²) >= 11 is 1.60. The number of aryl methyl sites for hydroxylation is 1. The minimum atomic E-state index is 0.244. The lowest BCUT2D eigenvalue weighted by atomic mass is 9.97. The van der Waals surface area contributed by atoms with Crippen molar-refractivity contribution in [3.63, 3.8) is 0 Å². The van der Waals surface area contributed by atoms with Crippen molar-refractivity contribution in [3.05, 3.63) is 23.2 Å². The van der Waals surface area contributed by atoms with Crippen molar-refractivity contribution in [2.75, 3.05) is 31.3 Å². The number of nitrogens with one attached hydrogen (secondary N) is 3. The van der Waals surface area contributed by atoms with Crippen molar-refractivity contribution in [1.29, 1.82) is 0 Å². The topological polar surface area (TPSA) is 102 Å². The van der Waals surface area contributed by atoms with Crippen molar-refractivity contribution < 1.29 is 4.79 Å². The summed E-state index contributed by atoms with van der Waals surface area (Å²) in [7, 11) is 3.89. The zero-order valence-corrected chi connectivity index (χ0v) is 18.9. The van der Waals surface area contributed by atoms with Crippen molar-refractivity contribution in [2.45, 2.75) is 50.7 Å². The molecule has 2 aliphatic rings. The van der Waals surface area contributed by atoms with Gasteiger partial charge in [0.1, 0.15) is 10.6 Å². The standard InChI is InChI=1S/C21H28N8OS/c1-12-8-17(27-26-12)23-19-16-6-7-31-20(16)25-21(24-19)22-13-9-14-4-5-15(10-13)29(14)18(30)11-28(2)3/h6-8,13-15H,4-5,9-11H2,1-3H3,(H3,22,23,24,25,26,27). The predicted molar refractivity (Wildman–Crippen MR) is 123 cm³/mol. The zero-order chi connectivity index (χ0) is 21.5. The fourth-order valence-electron chi connectivity index (χ4n) is 4.86. The SMILES string of the molecule is Cc1cc(Nc2nc(NC3CC4CCC(C3)N4C(=O)CN(C)C)nc3sccc23)n[nH]1. The number of likely N-dealkylation sites (N-methyl/N-ethyl adjacent to an activating group) is 1. The van der Waals surface area contributed by atoms with Gasteiger partial charge in [-0.25, -0.2) is 4.98 Å². The Kier molecular flexibility index (Phi) is 5.27. The Morgan fingerprint density at radius 1 is 1.29 bits per heavy atom. The van der Waals surface area contributed by atoms with Crippen molar-refractivity contribution in [2.24, 2.45) is 0 Å². The molecular weight excluding hydrogens is 412 g/mol. The molecule has 164 valence electrons. The van der Waals surface area contributed by atoms with Crippen molar-refractivity contribution >= 4 is 45.0 Å². The largest absolute Gasteiger partial charge is 0.351 e. The van der Waals surface area contributed by atoms with Gasteiger partial charge in [0.15, 0.2) is 5.82 Å². The fourth-order valence-corrected chi connectivity index (χ4v) is 5.62. The number of hydrogen-bond donors (Lipinski definition) is 3. The number of nitrogens with zero attached hydrogens (tertiary/aromatic N) is 5. The van der Waals surface area contributed by atoms with Gasteiger partial charge in [-0.3, -0.25) is 9.89 Å². The van der Waals surface area contributed by atoms with Gasteiger partial charge in [0.2, 0.25) is 11.9 Å². The highest BCUT2D eigenvalue weighted by Gasteiger charge is 2.43. The second-order valence-electron chi connectivity index (χ2n) is 8.83. The van der Waals surface area contributed by atoms with Crippen LogP contribution >= 0.6 is 11.3 Å².